The summed E-state index contributed by atoms with van der Waals surface area (Å²) in [6.07, 6.45) is 1.72. The average Bonchev–Trinajstić information content (AvgIpc) is 2.25. The van der Waals surface area contributed by atoms with Crippen LogP contribution in [0.25, 0.3) is 0 Å². The minimum Gasteiger partial charge on any atom is -0.298 e. The van der Waals surface area contributed by atoms with E-state index in [2.05, 4.69) is 4.89 Å². The van der Waals surface area contributed by atoms with Gasteiger partial charge in [0, 0.05) is 0 Å². The normalized spacial score (nSPS) is 11.1. The van der Waals surface area contributed by atoms with Gasteiger partial charge in [-0.05, 0) is 26.7 Å². The van der Waals surface area contributed by atoms with Crippen molar-refractivity contribution in [2.75, 3.05) is 6.61 Å². The van der Waals surface area contributed by atoms with Gasteiger partial charge in [-0.2, -0.15) is 4.89 Å². The highest BCUT2D eigenvalue weighted by Gasteiger charge is 2.48. The van der Waals surface area contributed by atoms with E-state index in [1.807, 2.05) is 6.92 Å². The Kier molecular flexibility index (Phi) is 6.65. The van der Waals surface area contributed by atoms with Crippen LogP contribution in [-0.4, -0.2) is 24.1 Å². The zero-order valence-electron chi connectivity index (χ0n) is 10.9. The molecule has 5 heteroatoms. The third kappa shape index (κ3) is 3.63. The molecule has 0 heterocycles. The second-order valence-corrected chi connectivity index (χ2v) is 3.92. The fraction of sp³-hybridized carbons (Fsp3) is 0.750. The first-order valence-corrected chi connectivity index (χ1v) is 5.79. The van der Waals surface area contributed by atoms with Crippen molar-refractivity contribution in [1.29, 1.82) is 0 Å². The molecule has 0 aromatic rings. The van der Waals surface area contributed by atoms with Crippen molar-refractivity contribution in [2.24, 2.45) is 5.41 Å². The molecule has 5 nitrogen and oxygen atoms in total. The van der Waals surface area contributed by atoms with Gasteiger partial charge < -0.3 is 0 Å². The van der Waals surface area contributed by atoms with Crippen LogP contribution in [-0.2, 0) is 24.2 Å². The van der Waals surface area contributed by atoms with Crippen molar-refractivity contribution >= 4 is 17.5 Å². The summed E-state index contributed by atoms with van der Waals surface area (Å²) in [4.78, 5) is 44.0. The lowest BCUT2D eigenvalue weighted by molar-refractivity contribution is -0.279. The van der Waals surface area contributed by atoms with Crippen LogP contribution in [0.2, 0.25) is 0 Å². The number of carbonyl (C=O) groups excluding carboxylic acids is 3. The van der Waals surface area contributed by atoms with E-state index in [9.17, 15) is 14.4 Å². The van der Waals surface area contributed by atoms with Gasteiger partial charge in [-0.15, -0.1) is 0 Å². The highest BCUT2D eigenvalue weighted by molar-refractivity contribution is 6.20. The minimum atomic E-state index is -1.72. The quantitative estimate of drug-likeness (QED) is 0.282. The van der Waals surface area contributed by atoms with Crippen LogP contribution in [0.3, 0.4) is 0 Å². The zero-order chi connectivity index (χ0) is 13.5. The summed E-state index contributed by atoms with van der Waals surface area (Å²) < 4.78 is 0. The molecule has 0 spiro atoms. The topological polar surface area (TPSA) is 69.7 Å². The fourth-order valence-corrected chi connectivity index (χ4v) is 1.55. The molecular formula is C12H20O5. The Labute approximate surface area is 101 Å². The van der Waals surface area contributed by atoms with Crippen molar-refractivity contribution in [3.63, 3.8) is 0 Å². The third-order valence-corrected chi connectivity index (χ3v) is 2.80. The lowest BCUT2D eigenvalue weighted by Crippen LogP contribution is -2.44. The lowest BCUT2D eigenvalue weighted by Gasteiger charge is -2.23. The smallest absolute Gasteiger partial charge is 0.298 e. The van der Waals surface area contributed by atoms with E-state index >= 15 is 0 Å². The number of rotatable bonds is 8. The summed E-state index contributed by atoms with van der Waals surface area (Å²) in [6, 6.07) is 0. The first kappa shape index (κ1) is 15.8. The van der Waals surface area contributed by atoms with E-state index in [1.165, 1.54) is 13.8 Å². The molecule has 0 N–H and O–H groups in total. The van der Waals surface area contributed by atoms with Crippen molar-refractivity contribution in [3.05, 3.63) is 0 Å². The number of hydrogen-bond donors (Lipinski definition) is 0. The molecule has 0 aromatic heterocycles. The van der Waals surface area contributed by atoms with E-state index in [-0.39, 0.29) is 13.0 Å². The minimum absolute atomic E-state index is 0.0770. The van der Waals surface area contributed by atoms with Crippen molar-refractivity contribution in [2.45, 2.75) is 47.0 Å². The molecule has 98 valence electrons. The number of Topliss-reactive ketones (excluding diaryl/α,β-unsaturated/α-hetero) is 2. The van der Waals surface area contributed by atoms with Gasteiger partial charge in [0.2, 0.25) is 0 Å². The van der Waals surface area contributed by atoms with Gasteiger partial charge in [0.05, 0.1) is 6.61 Å². The third-order valence-electron chi connectivity index (χ3n) is 2.80. The van der Waals surface area contributed by atoms with Crippen LogP contribution in [0.15, 0.2) is 0 Å². The molecular weight excluding hydrogens is 224 g/mol. The number of hydrogen-bond acceptors (Lipinski definition) is 5. The highest BCUT2D eigenvalue weighted by atomic mass is 17.2. The molecule has 0 aliphatic heterocycles. The van der Waals surface area contributed by atoms with E-state index < -0.39 is 23.0 Å². The van der Waals surface area contributed by atoms with Gasteiger partial charge in [0.25, 0.3) is 0 Å². The number of carbonyl (C=O) groups is 3. The van der Waals surface area contributed by atoms with Crippen LogP contribution < -0.4 is 0 Å². The molecule has 0 aliphatic carbocycles. The SMILES string of the molecule is CCCCOOC(=O)C(CC)(C(C)=O)C(C)=O. The number of unbranched alkanes of at least 4 members (excludes halogenated alkanes) is 1. The Hall–Kier alpha value is -1.23. The maximum absolute atomic E-state index is 11.8. The second-order valence-electron chi connectivity index (χ2n) is 3.92. The van der Waals surface area contributed by atoms with Gasteiger partial charge in [-0.3, -0.25) is 14.5 Å². The fourth-order valence-electron chi connectivity index (χ4n) is 1.55. The molecule has 17 heavy (non-hydrogen) atoms. The molecule has 0 bridgehead atoms. The summed E-state index contributed by atoms with van der Waals surface area (Å²) in [5.41, 5.74) is -1.72. The molecule has 0 saturated carbocycles. The second kappa shape index (κ2) is 7.17. The maximum Gasteiger partial charge on any atom is 0.363 e. The zero-order valence-corrected chi connectivity index (χ0v) is 10.9. The van der Waals surface area contributed by atoms with Crippen LogP contribution >= 0.6 is 0 Å². The Morgan fingerprint density at radius 3 is 1.94 bits per heavy atom. The largest absolute Gasteiger partial charge is 0.363 e. The molecule has 0 aromatic carbocycles. The van der Waals surface area contributed by atoms with Gasteiger partial charge in [-0.25, -0.2) is 4.79 Å². The molecule has 0 radical (unpaired) electrons. The van der Waals surface area contributed by atoms with E-state index in [0.717, 1.165) is 12.8 Å². The van der Waals surface area contributed by atoms with E-state index in [1.54, 1.807) is 6.92 Å². The van der Waals surface area contributed by atoms with Crippen molar-refractivity contribution in [3.8, 4) is 0 Å². The predicted octanol–water partition coefficient (Wildman–Crippen LogP) is 1.84. The van der Waals surface area contributed by atoms with Crippen molar-refractivity contribution < 1.29 is 24.2 Å². The molecule has 0 fully saturated rings. The van der Waals surface area contributed by atoms with E-state index in [0.29, 0.717) is 0 Å². The Morgan fingerprint density at radius 2 is 1.59 bits per heavy atom. The average molecular weight is 244 g/mol. The summed E-state index contributed by atoms with van der Waals surface area (Å²) in [6.45, 7) is 6.23. The summed E-state index contributed by atoms with van der Waals surface area (Å²) >= 11 is 0. The Balaban J connectivity index is 4.66. The molecule has 0 rings (SSSR count). The Morgan fingerprint density at radius 1 is 1.06 bits per heavy atom. The standard InChI is InChI=1S/C12H20O5/c1-5-7-8-16-17-11(15)12(6-2,9(3)13)10(4)14/h5-8H2,1-4H3. The summed E-state index contributed by atoms with van der Waals surface area (Å²) in [5, 5.41) is 0. The molecule has 0 aliphatic rings. The van der Waals surface area contributed by atoms with Gasteiger partial charge >= 0.3 is 5.97 Å². The number of ketones is 2. The van der Waals surface area contributed by atoms with Crippen LogP contribution in [0.5, 0.6) is 0 Å². The van der Waals surface area contributed by atoms with Crippen LogP contribution in [0.4, 0.5) is 0 Å². The monoisotopic (exact) mass is 244 g/mol. The molecule has 0 saturated heterocycles. The van der Waals surface area contributed by atoms with Gasteiger partial charge in [0.1, 0.15) is 0 Å². The summed E-state index contributed by atoms with van der Waals surface area (Å²) in [5.74, 6) is -1.95. The molecule has 0 amide bonds. The molecule has 0 unspecified atom stereocenters. The summed E-state index contributed by atoms with van der Waals surface area (Å²) in [7, 11) is 0. The first-order chi connectivity index (χ1) is 7.93. The van der Waals surface area contributed by atoms with Crippen molar-refractivity contribution in [1.82, 2.24) is 0 Å². The Bertz CT molecular complexity index is 281. The lowest BCUT2D eigenvalue weighted by atomic mass is 9.78. The van der Waals surface area contributed by atoms with E-state index in [4.69, 9.17) is 4.89 Å². The molecule has 0 atom stereocenters. The first-order valence-electron chi connectivity index (χ1n) is 5.79. The van der Waals surface area contributed by atoms with Crippen LogP contribution in [0, 0.1) is 5.41 Å². The van der Waals surface area contributed by atoms with Gasteiger partial charge in [0.15, 0.2) is 17.0 Å². The predicted molar refractivity (Wildman–Crippen MR) is 61.0 cm³/mol. The highest BCUT2D eigenvalue weighted by Crippen LogP contribution is 2.26. The maximum atomic E-state index is 11.8. The van der Waals surface area contributed by atoms with Gasteiger partial charge in [-0.1, -0.05) is 20.3 Å². The van der Waals surface area contributed by atoms with Crippen LogP contribution in [0.1, 0.15) is 47.0 Å².